The number of unbranched alkanes of at least 4 members (excludes halogenated alkanes) is 31. The number of hydrogen-bond acceptors (Lipinski definition) is 6. The molecule has 2 unspecified atom stereocenters. The lowest BCUT2D eigenvalue weighted by Crippen LogP contribution is -2.37. The van der Waals surface area contributed by atoms with Crippen LogP contribution in [-0.2, 0) is 27.9 Å². The SMILES string of the molecule is CCCCCCCC/C=C\CCCCCCCCOCC(COP(=O)(O)OCC[N+](C)(C)C)OC(=O)CCCCCCCCCCCCC/C=C\CCCCCCCCCC. The molecule has 2 atom stereocenters. The summed E-state index contributed by atoms with van der Waals surface area (Å²) in [6, 6.07) is 0. The van der Waals surface area contributed by atoms with E-state index in [0.717, 1.165) is 32.1 Å². The van der Waals surface area contributed by atoms with Gasteiger partial charge in [-0.25, -0.2) is 4.57 Å². The highest BCUT2D eigenvalue weighted by molar-refractivity contribution is 7.47. The number of hydrogen-bond donors (Lipinski definition) is 1. The van der Waals surface area contributed by atoms with Crippen LogP contribution in [0.3, 0.4) is 0 Å². The molecule has 0 radical (unpaired) electrons. The van der Waals surface area contributed by atoms with Crippen LogP contribution in [0.15, 0.2) is 24.3 Å². The van der Waals surface area contributed by atoms with Crippen LogP contribution in [0.25, 0.3) is 0 Å². The summed E-state index contributed by atoms with van der Waals surface area (Å²) >= 11 is 0. The van der Waals surface area contributed by atoms with Crippen LogP contribution in [0.5, 0.6) is 0 Å². The van der Waals surface area contributed by atoms with Crippen molar-refractivity contribution in [3.05, 3.63) is 24.3 Å². The molecule has 0 aliphatic carbocycles. The lowest BCUT2D eigenvalue weighted by atomic mass is 10.0. The molecule has 61 heavy (non-hydrogen) atoms. The maximum atomic E-state index is 12.8. The Labute approximate surface area is 379 Å². The molecule has 0 amide bonds. The van der Waals surface area contributed by atoms with E-state index in [0.29, 0.717) is 24.1 Å². The summed E-state index contributed by atoms with van der Waals surface area (Å²) in [7, 11) is 1.67. The topological polar surface area (TPSA) is 91.3 Å². The predicted molar refractivity (Wildman–Crippen MR) is 261 cm³/mol. The van der Waals surface area contributed by atoms with Gasteiger partial charge in [0.05, 0.1) is 34.4 Å². The molecule has 0 rings (SSSR count). The Balaban J connectivity index is 4.10. The van der Waals surface area contributed by atoms with Gasteiger partial charge in [-0.05, 0) is 64.2 Å². The number of carbonyl (C=O) groups is 1. The van der Waals surface area contributed by atoms with E-state index in [1.165, 1.54) is 193 Å². The molecule has 0 fully saturated rings. The van der Waals surface area contributed by atoms with Crippen molar-refractivity contribution >= 4 is 13.8 Å². The number of likely N-dealkylation sites (N-methyl/N-ethyl adjacent to an activating group) is 1. The Morgan fingerprint density at radius 1 is 0.492 bits per heavy atom. The lowest BCUT2D eigenvalue weighted by molar-refractivity contribution is -0.870. The van der Waals surface area contributed by atoms with E-state index in [1.807, 2.05) is 21.1 Å². The highest BCUT2D eigenvalue weighted by Crippen LogP contribution is 2.43. The molecule has 0 aliphatic rings. The predicted octanol–water partition coefficient (Wildman–Crippen LogP) is 16.0. The molecule has 9 heteroatoms. The maximum Gasteiger partial charge on any atom is 0.472 e. The average Bonchev–Trinajstić information content (AvgIpc) is 3.22. The van der Waals surface area contributed by atoms with Gasteiger partial charge in [0.1, 0.15) is 19.3 Å². The van der Waals surface area contributed by atoms with E-state index in [9.17, 15) is 14.3 Å². The molecular formula is C52H103NO7P+. The van der Waals surface area contributed by atoms with Crippen LogP contribution in [0.4, 0.5) is 0 Å². The number of allylic oxidation sites excluding steroid dienone is 4. The third kappa shape index (κ3) is 49.8. The fourth-order valence-electron chi connectivity index (χ4n) is 7.43. The molecule has 0 saturated carbocycles. The van der Waals surface area contributed by atoms with Gasteiger partial charge in [0.15, 0.2) is 0 Å². The van der Waals surface area contributed by atoms with Gasteiger partial charge >= 0.3 is 13.8 Å². The maximum absolute atomic E-state index is 12.8. The summed E-state index contributed by atoms with van der Waals surface area (Å²) in [5.74, 6) is -0.313. The molecule has 0 aliphatic heterocycles. The Bertz CT molecular complexity index is 1030. The molecule has 8 nitrogen and oxygen atoms in total. The van der Waals surface area contributed by atoms with Gasteiger partial charge < -0.3 is 18.9 Å². The van der Waals surface area contributed by atoms with E-state index >= 15 is 0 Å². The van der Waals surface area contributed by atoms with Gasteiger partial charge in [0.2, 0.25) is 0 Å². The van der Waals surface area contributed by atoms with Crippen molar-refractivity contribution in [1.29, 1.82) is 0 Å². The number of rotatable bonds is 49. The van der Waals surface area contributed by atoms with E-state index < -0.39 is 13.9 Å². The van der Waals surface area contributed by atoms with Gasteiger partial charge in [-0.1, -0.05) is 199 Å². The normalized spacial score (nSPS) is 13.7. The second kappa shape index (κ2) is 45.5. The molecule has 0 bridgehead atoms. The monoisotopic (exact) mass is 885 g/mol. The van der Waals surface area contributed by atoms with Crippen molar-refractivity contribution in [3.8, 4) is 0 Å². The Morgan fingerprint density at radius 2 is 0.852 bits per heavy atom. The van der Waals surface area contributed by atoms with Crippen molar-refractivity contribution < 1.29 is 37.3 Å². The molecule has 0 heterocycles. The Morgan fingerprint density at radius 3 is 1.25 bits per heavy atom. The summed E-state index contributed by atoms with van der Waals surface area (Å²) in [5.41, 5.74) is 0. The third-order valence-electron chi connectivity index (χ3n) is 11.5. The Hall–Kier alpha value is -1.02. The number of esters is 1. The number of phosphoric ester groups is 1. The van der Waals surface area contributed by atoms with Crippen LogP contribution in [0.1, 0.15) is 245 Å². The molecule has 0 spiro atoms. The summed E-state index contributed by atoms with van der Waals surface area (Å²) in [4.78, 5) is 23.0. The zero-order valence-electron chi connectivity index (χ0n) is 41.2. The average molecular weight is 885 g/mol. The second-order valence-corrected chi connectivity index (χ2v) is 20.4. The van der Waals surface area contributed by atoms with Crippen molar-refractivity contribution in [2.75, 3.05) is 54.1 Å². The van der Waals surface area contributed by atoms with Gasteiger partial charge in [-0.3, -0.25) is 13.8 Å². The number of ether oxygens (including phenoxy) is 2. The van der Waals surface area contributed by atoms with Gasteiger partial charge in [0.25, 0.3) is 0 Å². The first-order valence-corrected chi connectivity index (χ1v) is 27.6. The van der Waals surface area contributed by atoms with Crippen LogP contribution in [0.2, 0.25) is 0 Å². The summed E-state index contributed by atoms with van der Waals surface area (Å²) in [6.07, 6.45) is 53.7. The number of quaternary nitrogens is 1. The lowest BCUT2D eigenvalue weighted by Gasteiger charge is -2.24. The van der Waals surface area contributed by atoms with Gasteiger partial charge in [0, 0.05) is 13.0 Å². The minimum Gasteiger partial charge on any atom is -0.457 e. The second-order valence-electron chi connectivity index (χ2n) is 18.9. The first-order chi connectivity index (χ1) is 29.6. The minimum atomic E-state index is -4.28. The van der Waals surface area contributed by atoms with E-state index in [1.54, 1.807) is 0 Å². The number of carbonyl (C=O) groups excluding carboxylic acids is 1. The molecule has 0 aromatic carbocycles. The van der Waals surface area contributed by atoms with Crippen LogP contribution >= 0.6 is 7.82 Å². The Kier molecular flexibility index (Phi) is 44.8. The molecular weight excluding hydrogens is 782 g/mol. The molecule has 0 aromatic heterocycles. The van der Waals surface area contributed by atoms with E-state index in [4.69, 9.17) is 18.5 Å². The van der Waals surface area contributed by atoms with Crippen molar-refractivity contribution in [3.63, 3.8) is 0 Å². The van der Waals surface area contributed by atoms with Crippen LogP contribution in [0, 0.1) is 0 Å². The molecule has 0 saturated heterocycles. The number of nitrogens with zero attached hydrogens (tertiary/aromatic N) is 1. The van der Waals surface area contributed by atoms with Crippen molar-refractivity contribution in [2.24, 2.45) is 0 Å². The van der Waals surface area contributed by atoms with Crippen molar-refractivity contribution in [1.82, 2.24) is 0 Å². The first kappa shape index (κ1) is 60.0. The molecule has 0 aromatic rings. The zero-order valence-corrected chi connectivity index (χ0v) is 42.1. The smallest absolute Gasteiger partial charge is 0.457 e. The van der Waals surface area contributed by atoms with Crippen LogP contribution < -0.4 is 0 Å². The third-order valence-corrected chi connectivity index (χ3v) is 12.5. The largest absolute Gasteiger partial charge is 0.472 e. The van der Waals surface area contributed by atoms with Gasteiger partial charge in [-0.15, -0.1) is 0 Å². The fraction of sp³-hybridized carbons (Fsp3) is 0.904. The van der Waals surface area contributed by atoms with E-state index in [-0.39, 0.29) is 25.8 Å². The summed E-state index contributed by atoms with van der Waals surface area (Å²) < 4.78 is 35.1. The zero-order chi connectivity index (χ0) is 44.8. The number of phosphoric acid groups is 1. The summed E-state index contributed by atoms with van der Waals surface area (Å²) in [5, 5.41) is 0. The first-order valence-electron chi connectivity index (χ1n) is 26.1. The minimum absolute atomic E-state index is 0.0890. The molecule has 362 valence electrons. The standard InChI is InChI=1S/C52H102NO7P/c1-6-8-10-12-14-16-18-20-22-24-25-26-27-28-29-30-31-33-35-37-39-41-43-45-52(54)60-51(50-59-61(55,56)58-48-46-53(3,4)5)49-57-47-44-42-40-38-36-34-32-23-21-19-17-15-13-11-9-7-2/h21,23-25,51H,6-20,22,26-50H2,1-5H3/p+1/b23-21-,25-24-. The highest BCUT2D eigenvalue weighted by atomic mass is 31.2. The van der Waals surface area contributed by atoms with E-state index in [2.05, 4.69) is 38.2 Å². The quantitative estimate of drug-likeness (QED) is 0.0214. The van der Waals surface area contributed by atoms with Crippen molar-refractivity contribution in [2.45, 2.75) is 251 Å². The highest BCUT2D eigenvalue weighted by Gasteiger charge is 2.26. The summed E-state index contributed by atoms with van der Waals surface area (Å²) in [6.45, 7) is 5.65. The fourth-order valence-corrected chi connectivity index (χ4v) is 8.17. The molecule has 1 N–H and O–H groups in total. The van der Waals surface area contributed by atoms with Crippen LogP contribution in [-0.4, -0.2) is 75.6 Å². The van der Waals surface area contributed by atoms with Gasteiger partial charge in [-0.2, -0.15) is 0 Å².